The van der Waals surface area contributed by atoms with E-state index >= 15 is 0 Å². The van der Waals surface area contributed by atoms with Crippen LogP contribution in [0.2, 0.25) is 0 Å². The third-order valence-corrected chi connectivity index (χ3v) is 6.60. The molecule has 1 atom stereocenters. The molecule has 2 heterocycles. The van der Waals surface area contributed by atoms with Crippen molar-refractivity contribution in [3.8, 4) is 5.75 Å². The van der Waals surface area contributed by atoms with Crippen molar-refractivity contribution in [1.29, 1.82) is 0 Å². The molecule has 0 bridgehead atoms. The molecule has 2 fully saturated rings. The van der Waals surface area contributed by atoms with Gasteiger partial charge in [-0.15, -0.1) is 0 Å². The molecule has 0 saturated carbocycles. The largest absolute Gasteiger partial charge is 0.491 e. The highest BCUT2D eigenvalue weighted by atomic mass is 16.5. The maximum Gasteiger partial charge on any atom is 0.257 e. The SMILES string of the molecule is CNC(=O)c1cccc(C2CN(C(=O)c3ccccc3OCCN3CCCC3=O)CCN2C)c1. The van der Waals surface area contributed by atoms with E-state index in [0.29, 0.717) is 49.5 Å². The van der Waals surface area contributed by atoms with Crippen LogP contribution in [0.4, 0.5) is 0 Å². The fourth-order valence-corrected chi connectivity index (χ4v) is 4.60. The third kappa shape index (κ3) is 5.22. The van der Waals surface area contributed by atoms with Crippen LogP contribution >= 0.6 is 0 Å². The van der Waals surface area contributed by atoms with Crippen LogP contribution in [0.5, 0.6) is 5.75 Å². The second-order valence-electron chi connectivity index (χ2n) is 8.78. The van der Waals surface area contributed by atoms with Gasteiger partial charge in [-0.3, -0.25) is 19.3 Å². The fraction of sp³-hybridized carbons (Fsp3) is 0.423. The Hall–Kier alpha value is -3.39. The third-order valence-electron chi connectivity index (χ3n) is 6.60. The second-order valence-corrected chi connectivity index (χ2v) is 8.78. The zero-order chi connectivity index (χ0) is 24.1. The number of carbonyl (C=O) groups excluding carboxylic acids is 3. The number of para-hydroxylation sites is 1. The van der Waals surface area contributed by atoms with Crippen molar-refractivity contribution in [3.05, 3.63) is 65.2 Å². The van der Waals surface area contributed by atoms with Crippen molar-refractivity contribution >= 4 is 17.7 Å². The number of likely N-dealkylation sites (tertiary alicyclic amines) is 1. The molecule has 1 unspecified atom stereocenters. The van der Waals surface area contributed by atoms with Gasteiger partial charge < -0.3 is 19.9 Å². The molecule has 2 aromatic carbocycles. The summed E-state index contributed by atoms with van der Waals surface area (Å²) in [5.41, 5.74) is 2.13. The van der Waals surface area contributed by atoms with E-state index in [0.717, 1.165) is 25.1 Å². The number of hydrogen-bond donors (Lipinski definition) is 1. The zero-order valence-corrected chi connectivity index (χ0v) is 19.8. The summed E-state index contributed by atoms with van der Waals surface area (Å²) in [5.74, 6) is 0.497. The quantitative estimate of drug-likeness (QED) is 0.679. The monoisotopic (exact) mass is 464 g/mol. The van der Waals surface area contributed by atoms with Crippen LogP contribution in [-0.4, -0.2) is 85.8 Å². The minimum Gasteiger partial charge on any atom is -0.491 e. The highest BCUT2D eigenvalue weighted by Crippen LogP contribution is 2.28. The van der Waals surface area contributed by atoms with Crippen LogP contribution in [0, 0.1) is 0 Å². The van der Waals surface area contributed by atoms with Crippen molar-refractivity contribution < 1.29 is 19.1 Å². The summed E-state index contributed by atoms with van der Waals surface area (Å²) in [6, 6.07) is 14.8. The van der Waals surface area contributed by atoms with E-state index in [4.69, 9.17) is 4.74 Å². The summed E-state index contributed by atoms with van der Waals surface area (Å²) >= 11 is 0. The standard InChI is InChI=1S/C26H32N4O4/c1-27-25(32)20-8-5-7-19(17-20)22-18-30(14-13-28(22)2)26(33)21-9-3-4-10-23(21)34-16-15-29-12-6-11-24(29)31/h3-5,7-10,17,22H,6,11-16,18H2,1-2H3,(H,27,32). The molecular weight excluding hydrogens is 432 g/mol. The van der Waals surface area contributed by atoms with E-state index in [-0.39, 0.29) is 23.8 Å². The minimum absolute atomic E-state index is 0.0171. The Morgan fingerprint density at radius 3 is 2.68 bits per heavy atom. The molecule has 4 rings (SSSR count). The lowest BCUT2D eigenvalue weighted by Crippen LogP contribution is -2.49. The first-order valence-corrected chi connectivity index (χ1v) is 11.8. The number of nitrogens with zero attached hydrogens (tertiary/aromatic N) is 3. The first kappa shape index (κ1) is 23.8. The number of piperazine rings is 1. The van der Waals surface area contributed by atoms with Crippen LogP contribution in [0.1, 0.15) is 45.2 Å². The van der Waals surface area contributed by atoms with E-state index in [2.05, 4.69) is 10.2 Å². The van der Waals surface area contributed by atoms with Crippen LogP contribution in [0.15, 0.2) is 48.5 Å². The van der Waals surface area contributed by atoms with Crippen molar-refractivity contribution in [2.75, 3.05) is 53.4 Å². The maximum atomic E-state index is 13.5. The summed E-state index contributed by atoms with van der Waals surface area (Å²) in [6.07, 6.45) is 1.50. The maximum absolute atomic E-state index is 13.5. The smallest absolute Gasteiger partial charge is 0.257 e. The molecule has 0 aromatic heterocycles. The number of ether oxygens (including phenoxy) is 1. The molecule has 0 spiro atoms. The summed E-state index contributed by atoms with van der Waals surface area (Å²) in [4.78, 5) is 43.3. The molecule has 0 aliphatic carbocycles. The molecule has 2 saturated heterocycles. The first-order chi connectivity index (χ1) is 16.5. The van der Waals surface area contributed by atoms with E-state index in [1.54, 1.807) is 25.2 Å². The zero-order valence-electron chi connectivity index (χ0n) is 19.8. The Bertz CT molecular complexity index is 1060. The van der Waals surface area contributed by atoms with Crippen LogP contribution in [0.25, 0.3) is 0 Å². The topological polar surface area (TPSA) is 82.2 Å². The number of benzene rings is 2. The average molecular weight is 465 g/mol. The van der Waals surface area contributed by atoms with Gasteiger partial charge in [-0.25, -0.2) is 0 Å². The highest BCUT2D eigenvalue weighted by molar-refractivity contribution is 5.97. The normalized spacial score (nSPS) is 18.8. The second kappa shape index (κ2) is 10.7. The van der Waals surface area contributed by atoms with Crippen molar-refractivity contribution in [2.24, 2.45) is 0 Å². The fourth-order valence-electron chi connectivity index (χ4n) is 4.60. The highest BCUT2D eigenvalue weighted by Gasteiger charge is 2.30. The summed E-state index contributed by atoms with van der Waals surface area (Å²) in [5, 5.41) is 2.66. The molecule has 2 aliphatic rings. The lowest BCUT2D eigenvalue weighted by Gasteiger charge is -2.40. The lowest BCUT2D eigenvalue weighted by molar-refractivity contribution is -0.128. The summed E-state index contributed by atoms with van der Waals surface area (Å²) in [7, 11) is 3.65. The van der Waals surface area contributed by atoms with Gasteiger partial charge in [-0.2, -0.15) is 0 Å². The Balaban J connectivity index is 1.46. The van der Waals surface area contributed by atoms with Crippen molar-refractivity contribution in [2.45, 2.75) is 18.9 Å². The molecule has 180 valence electrons. The Kier molecular flexibility index (Phi) is 7.47. The van der Waals surface area contributed by atoms with Gasteiger partial charge in [0.15, 0.2) is 0 Å². The minimum atomic E-state index is -0.130. The summed E-state index contributed by atoms with van der Waals surface area (Å²) in [6.45, 7) is 3.50. The van der Waals surface area contributed by atoms with Crippen molar-refractivity contribution in [1.82, 2.24) is 20.0 Å². The molecule has 1 N–H and O–H groups in total. The molecule has 8 nitrogen and oxygen atoms in total. The first-order valence-electron chi connectivity index (χ1n) is 11.8. The number of hydrogen-bond acceptors (Lipinski definition) is 5. The number of likely N-dealkylation sites (N-methyl/N-ethyl adjacent to an activating group) is 1. The molecule has 2 aromatic rings. The average Bonchev–Trinajstić information content (AvgIpc) is 3.28. The van der Waals surface area contributed by atoms with Gasteiger partial charge in [-0.1, -0.05) is 24.3 Å². The van der Waals surface area contributed by atoms with E-state index in [1.807, 2.05) is 47.2 Å². The van der Waals surface area contributed by atoms with Crippen LogP contribution < -0.4 is 10.1 Å². The van der Waals surface area contributed by atoms with E-state index < -0.39 is 0 Å². The summed E-state index contributed by atoms with van der Waals surface area (Å²) < 4.78 is 5.95. The van der Waals surface area contributed by atoms with Crippen LogP contribution in [-0.2, 0) is 4.79 Å². The van der Waals surface area contributed by atoms with Crippen molar-refractivity contribution in [3.63, 3.8) is 0 Å². The predicted molar refractivity (Wildman–Crippen MR) is 129 cm³/mol. The molecule has 3 amide bonds. The number of nitrogens with one attached hydrogen (secondary N) is 1. The van der Waals surface area contributed by atoms with Gasteiger partial charge in [-0.05, 0) is 43.3 Å². The predicted octanol–water partition coefficient (Wildman–Crippen LogP) is 2.18. The van der Waals surface area contributed by atoms with E-state index in [9.17, 15) is 14.4 Å². The number of rotatable bonds is 7. The van der Waals surface area contributed by atoms with Gasteiger partial charge in [0.1, 0.15) is 12.4 Å². The molecule has 2 aliphatic heterocycles. The van der Waals surface area contributed by atoms with Gasteiger partial charge in [0.25, 0.3) is 11.8 Å². The Morgan fingerprint density at radius 2 is 1.91 bits per heavy atom. The number of amides is 3. The molecule has 0 radical (unpaired) electrons. The molecular formula is C26H32N4O4. The lowest BCUT2D eigenvalue weighted by atomic mass is 9.99. The molecule has 34 heavy (non-hydrogen) atoms. The Labute approximate surface area is 200 Å². The van der Waals surface area contributed by atoms with Gasteiger partial charge >= 0.3 is 0 Å². The van der Waals surface area contributed by atoms with Gasteiger partial charge in [0.05, 0.1) is 18.2 Å². The van der Waals surface area contributed by atoms with Gasteiger partial charge in [0.2, 0.25) is 5.91 Å². The van der Waals surface area contributed by atoms with Crippen LogP contribution in [0.3, 0.4) is 0 Å². The Morgan fingerprint density at radius 1 is 1.09 bits per heavy atom. The van der Waals surface area contributed by atoms with Gasteiger partial charge in [0, 0.05) is 45.2 Å². The number of carbonyl (C=O) groups is 3. The molecule has 8 heteroatoms. The van der Waals surface area contributed by atoms with E-state index in [1.165, 1.54) is 0 Å².